The van der Waals surface area contributed by atoms with Gasteiger partial charge in [-0.3, -0.25) is 9.88 Å². The zero-order chi connectivity index (χ0) is 22.8. The second-order valence-corrected chi connectivity index (χ2v) is 8.63. The number of nitrogens with zero attached hydrogens (tertiary/aromatic N) is 5. The summed E-state index contributed by atoms with van der Waals surface area (Å²) in [6.07, 6.45) is 6.02. The van der Waals surface area contributed by atoms with Crippen LogP contribution in [0.15, 0.2) is 47.9 Å². The van der Waals surface area contributed by atoms with E-state index < -0.39 is 0 Å². The van der Waals surface area contributed by atoms with Gasteiger partial charge in [0.1, 0.15) is 12.4 Å². The predicted octanol–water partition coefficient (Wildman–Crippen LogP) is 3.72. The number of aryl methyl sites for hydroxylation is 1. The van der Waals surface area contributed by atoms with Crippen LogP contribution in [0.3, 0.4) is 0 Å². The topological polar surface area (TPSA) is 89.5 Å². The molecule has 2 N–H and O–H groups in total. The zero-order valence-electron chi connectivity index (χ0n) is 18.7. The average Bonchev–Trinajstić information content (AvgIpc) is 2.77. The molecular weight excluding hydrogens is 419 g/mol. The van der Waals surface area contributed by atoms with Crippen LogP contribution in [0, 0.1) is 12.7 Å². The number of nitrogen functional groups attached to an aromatic ring is 1. The van der Waals surface area contributed by atoms with E-state index in [4.69, 9.17) is 10.6 Å². The molecule has 1 saturated heterocycles. The summed E-state index contributed by atoms with van der Waals surface area (Å²) in [7, 11) is 0. The maximum absolute atomic E-state index is 14.2. The number of hydrogen-bond acceptors (Lipinski definition) is 7. The normalized spacial score (nSPS) is 19.2. The molecule has 0 amide bonds. The molecule has 33 heavy (non-hydrogen) atoms. The summed E-state index contributed by atoms with van der Waals surface area (Å²) in [4.78, 5) is 21.2. The molecule has 1 aromatic carbocycles. The van der Waals surface area contributed by atoms with E-state index in [1.165, 1.54) is 12.5 Å². The summed E-state index contributed by atoms with van der Waals surface area (Å²) in [5, 5.41) is 4.52. The number of pyridine rings is 1. The van der Waals surface area contributed by atoms with Crippen LogP contribution in [0.4, 0.5) is 10.3 Å². The number of benzene rings is 1. The Labute approximate surface area is 192 Å². The van der Waals surface area contributed by atoms with Gasteiger partial charge >= 0.3 is 0 Å². The number of hydrogen-bond donors (Lipinski definition) is 1. The number of nitrogens with two attached hydrogens (primary N) is 1. The molecule has 1 fully saturated rings. The van der Waals surface area contributed by atoms with Gasteiger partial charge < -0.3 is 10.6 Å². The van der Waals surface area contributed by atoms with Crippen molar-refractivity contribution in [2.75, 3.05) is 32.0 Å². The Kier molecular flexibility index (Phi) is 6.00. The van der Waals surface area contributed by atoms with Crippen molar-refractivity contribution in [3.05, 3.63) is 71.1 Å². The van der Waals surface area contributed by atoms with Gasteiger partial charge in [-0.1, -0.05) is 17.3 Å². The van der Waals surface area contributed by atoms with E-state index >= 15 is 0 Å². The Morgan fingerprint density at radius 3 is 2.85 bits per heavy atom. The molecule has 0 saturated carbocycles. The zero-order valence-corrected chi connectivity index (χ0v) is 18.7. The number of oxime groups is 1. The molecule has 5 rings (SSSR count). The Hall–Kier alpha value is -3.39. The van der Waals surface area contributed by atoms with E-state index in [1.807, 2.05) is 25.1 Å². The third-order valence-electron chi connectivity index (χ3n) is 6.40. The van der Waals surface area contributed by atoms with Crippen molar-refractivity contribution in [2.24, 2.45) is 5.16 Å². The smallest absolute Gasteiger partial charge is 0.220 e. The number of rotatable bonds is 6. The molecule has 3 heterocycles. The summed E-state index contributed by atoms with van der Waals surface area (Å²) >= 11 is 0. The molecule has 1 unspecified atom stereocenters. The third kappa shape index (κ3) is 4.57. The van der Waals surface area contributed by atoms with Gasteiger partial charge in [-0.05, 0) is 68.1 Å². The number of halogens is 1. The Morgan fingerprint density at radius 2 is 2.09 bits per heavy atom. The minimum Gasteiger partial charge on any atom is -0.394 e. The lowest BCUT2D eigenvalue weighted by Crippen LogP contribution is -2.39. The first-order valence-electron chi connectivity index (χ1n) is 11.3. The molecule has 1 aliphatic heterocycles. The summed E-state index contributed by atoms with van der Waals surface area (Å²) in [6.45, 7) is 5.58. The highest BCUT2D eigenvalue weighted by Gasteiger charge is 2.30. The quantitative estimate of drug-likeness (QED) is 0.459. The summed E-state index contributed by atoms with van der Waals surface area (Å²) in [6, 6.07) is 8.73. The van der Waals surface area contributed by atoms with Crippen molar-refractivity contribution >= 4 is 11.7 Å². The van der Waals surface area contributed by atoms with Crippen LogP contribution in [-0.2, 0) is 11.3 Å². The van der Waals surface area contributed by atoms with Crippen molar-refractivity contribution in [1.29, 1.82) is 0 Å². The fourth-order valence-corrected chi connectivity index (χ4v) is 4.68. The van der Waals surface area contributed by atoms with E-state index in [2.05, 4.69) is 25.0 Å². The van der Waals surface area contributed by atoms with Crippen molar-refractivity contribution < 1.29 is 9.23 Å². The van der Waals surface area contributed by atoms with Gasteiger partial charge in [0, 0.05) is 36.5 Å². The van der Waals surface area contributed by atoms with Crippen molar-refractivity contribution in [1.82, 2.24) is 19.9 Å². The third-order valence-corrected chi connectivity index (χ3v) is 6.40. The summed E-state index contributed by atoms with van der Waals surface area (Å²) < 4.78 is 14.2. The van der Waals surface area contributed by atoms with Crippen LogP contribution in [0.25, 0.3) is 11.1 Å². The van der Waals surface area contributed by atoms with Crippen LogP contribution in [-0.4, -0.2) is 51.8 Å². The molecule has 3 aromatic rings. The maximum atomic E-state index is 14.2. The minimum atomic E-state index is -0.278. The van der Waals surface area contributed by atoms with Gasteiger partial charge in [0.15, 0.2) is 0 Å². The predicted molar refractivity (Wildman–Crippen MR) is 125 cm³/mol. The Bertz CT molecular complexity index is 1180. The van der Waals surface area contributed by atoms with Crippen LogP contribution in [0.5, 0.6) is 0 Å². The lowest BCUT2D eigenvalue weighted by atomic mass is 9.78. The number of fused-ring (bicyclic) bond motifs is 1. The molecule has 0 spiro atoms. The second-order valence-electron chi connectivity index (χ2n) is 8.63. The molecule has 170 valence electrons. The van der Waals surface area contributed by atoms with Gasteiger partial charge in [-0.25, -0.2) is 14.4 Å². The first-order valence-corrected chi connectivity index (χ1v) is 11.3. The highest BCUT2D eigenvalue weighted by Crippen LogP contribution is 2.38. The van der Waals surface area contributed by atoms with E-state index in [0.717, 1.165) is 59.0 Å². The monoisotopic (exact) mass is 446 g/mol. The van der Waals surface area contributed by atoms with Gasteiger partial charge in [0.2, 0.25) is 5.95 Å². The molecule has 2 aromatic heterocycles. The second kappa shape index (κ2) is 9.23. The molecule has 2 aliphatic rings. The standard InChI is InChI=1S/C25H27FN6O/c1-16-24-22(30-25(27)29-16)12-18(13-23(24)31-33-11-10-32-8-3-9-32)20-6-5-19(26)14-21(20)17-4-2-7-28-15-17/h2,4-7,14-15,18H,3,8-13H2,1H3,(H2,27,29,30)/b31-23+. The fraction of sp³-hybridized carbons (Fsp3) is 0.360. The molecule has 0 radical (unpaired) electrons. The average molecular weight is 447 g/mol. The molecule has 8 heteroatoms. The van der Waals surface area contributed by atoms with Gasteiger partial charge in [0.25, 0.3) is 0 Å². The maximum Gasteiger partial charge on any atom is 0.220 e. The molecule has 7 nitrogen and oxygen atoms in total. The number of likely N-dealkylation sites (tertiary alicyclic amines) is 1. The SMILES string of the molecule is Cc1nc(N)nc2c1/C(=N/OCCN1CCC1)CC(c1ccc(F)cc1-c1cccnc1)C2. The highest BCUT2D eigenvalue weighted by atomic mass is 19.1. The lowest BCUT2D eigenvalue weighted by molar-refractivity contribution is 0.0850. The van der Waals surface area contributed by atoms with Crippen molar-refractivity contribution in [3.63, 3.8) is 0 Å². The molecule has 1 atom stereocenters. The largest absolute Gasteiger partial charge is 0.394 e. The lowest BCUT2D eigenvalue weighted by Gasteiger charge is -2.30. The van der Waals surface area contributed by atoms with Gasteiger partial charge in [-0.2, -0.15) is 0 Å². The van der Waals surface area contributed by atoms with Crippen LogP contribution >= 0.6 is 0 Å². The summed E-state index contributed by atoms with van der Waals surface area (Å²) in [5.74, 6) is 0.00993. The Morgan fingerprint density at radius 1 is 1.21 bits per heavy atom. The van der Waals surface area contributed by atoms with Gasteiger partial charge in [-0.15, -0.1) is 0 Å². The first kappa shape index (κ1) is 21.5. The Balaban J connectivity index is 1.49. The van der Waals surface area contributed by atoms with E-state index in [-0.39, 0.29) is 17.7 Å². The van der Waals surface area contributed by atoms with E-state index in [1.54, 1.807) is 18.5 Å². The van der Waals surface area contributed by atoms with Crippen LogP contribution < -0.4 is 5.73 Å². The van der Waals surface area contributed by atoms with Crippen LogP contribution in [0.1, 0.15) is 41.3 Å². The molecular formula is C25H27FN6O. The first-order chi connectivity index (χ1) is 16.1. The van der Waals surface area contributed by atoms with Crippen molar-refractivity contribution in [3.8, 4) is 11.1 Å². The molecule has 1 aliphatic carbocycles. The van der Waals surface area contributed by atoms with Gasteiger partial charge in [0.05, 0.1) is 17.1 Å². The van der Waals surface area contributed by atoms with Crippen molar-refractivity contribution in [2.45, 2.75) is 32.1 Å². The number of aromatic nitrogens is 3. The van der Waals surface area contributed by atoms with E-state index in [9.17, 15) is 4.39 Å². The minimum absolute atomic E-state index is 0.0414. The van der Waals surface area contributed by atoms with Crippen LogP contribution in [0.2, 0.25) is 0 Å². The van der Waals surface area contributed by atoms with E-state index in [0.29, 0.717) is 19.4 Å². The summed E-state index contributed by atoms with van der Waals surface area (Å²) in [5.41, 5.74) is 12.1. The molecule has 0 bridgehead atoms. The number of anilines is 1. The highest BCUT2D eigenvalue weighted by molar-refractivity contribution is 6.03. The fourth-order valence-electron chi connectivity index (χ4n) is 4.68.